The number of carbonyl (C=O) groups is 2. The number of carboxylic acid groups (broad SMARTS) is 1. The van der Waals surface area contributed by atoms with E-state index in [0.717, 1.165) is 5.69 Å². The van der Waals surface area contributed by atoms with Gasteiger partial charge in [0.1, 0.15) is 0 Å². The van der Waals surface area contributed by atoms with E-state index < -0.39 is 5.97 Å². The summed E-state index contributed by atoms with van der Waals surface area (Å²) in [6.45, 7) is 0. The second kappa shape index (κ2) is 5.97. The van der Waals surface area contributed by atoms with Crippen LogP contribution in [0.4, 0.5) is 0 Å². The number of nitrogens with one attached hydrogen (secondary N) is 1. The highest BCUT2D eigenvalue weighted by Crippen LogP contribution is 2.25. The van der Waals surface area contributed by atoms with Crippen LogP contribution in [0.25, 0.3) is 5.69 Å². The summed E-state index contributed by atoms with van der Waals surface area (Å²) in [6, 6.07) is 6.95. The van der Waals surface area contributed by atoms with E-state index in [1.165, 1.54) is 0 Å². The molecule has 1 aliphatic carbocycles. The molecule has 22 heavy (non-hydrogen) atoms. The molecule has 2 N–H and O–H groups in total. The van der Waals surface area contributed by atoms with Gasteiger partial charge >= 0.3 is 5.97 Å². The van der Waals surface area contributed by atoms with Crippen LogP contribution in [0, 0.1) is 5.92 Å². The summed E-state index contributed by atoms with van der Waals surface area (Å²) in [5.41, 5.74) is 1.36. The van der Waals surface area contributed by atoms with Gasteiger partial charge in [-0.15, -0.1) is 5.10 Å². The van der Waals surface area contributed by atoms with Crippen molar-refractivity contribution in [2.24, 2.45) is 5.92 Å². The Kier molecular flexibility index (Phi) is 3.86. The number of aliphatic carboxylic acids is 1. The second-order valence-electron chi connectivity index (χ2n) is 5.41. The van der Waals surface area contributed by atoms with Gasteiger partial charge in [-0.3, -0.25) is 9.59 Å². The highest BCUT2D eigenvalue weighted by Gasteiger charge is 2.30. The molecule has 7 nitrogen and oxygen atoms in total. The topological polar surface area (TPSA) is 97.1 Å². The van der Waals surface area contributed by atoms with Gasteiger partial charge in [0.25, 0.3) is 5.91 Å². The third-order valence-corrected chi connectivity index (χ3v) is 3.93. The predicted molar refractivity (Wildman–Crippen MR) is 77.6 cm³/mol. The van der Waals surface area contributed by atoms with E-state index in [1.807, 2.05) is 0 Å². The molecule has 0 spiro atoms. The predicted octanol–water partition coefficient (Wildman–Crippen LogP) is 1.25. The number of hydrogen-bond acceptors (Lipinski definition) is 4. The fourth-order valence-corrected chi connectivity index (χ4v) is 2.72. The maximum atomic E-state index is 12.2. The molecule has 1 saturated carbocycles. The average Bonchev–Trinajstić information content (AvgIpc) is 3.19. The molecule has 2 aromatic rings. The number of nitrogens with zero attached hydrogens (tertiary/aromatic N) is 3. The Labute approximate surface area is 126 Å². The minimum atomic E-state index is -0.783. The van der Waals surface area contributed by atoms with Crippen molar-refractivity contribution in [1.82, 2.24) is 20.3 Å². The van der Waals surface area contributed by atoms with Gasteiger partial charge in [-0.05, 0) is 43.5 Å². The molecule has 0 saturated heterocycles. The quantitative estimate of drug-likeness (QED) is 0.885. The second-order valence-corrected chi connectivity index (χ2v) is 5.41. The number of carboxylic acids is 1. The molecule has 1 heterocycles. The van der Waals surface area contributed by atoms with Crippen molar-refractivity contribution in [2.45, 2.75) is 25.3 Å². The van der Waals surface area contributed by atoms with Crippen molar-refractivity contribution in [3.8, 4) is 5.69 Å². The summed E-state index contributed by atoms with van der Waals surface area (Å²) in [7, 11) is 0. The Morgan fingerprint density at radius 1 is 1.23 bits per heavy atom. The zero-order valence-electron chi connectivity index (χ0n) is 11.8. The van der Waals surface area contributed by atoms with E-state index in [9.17, 15) is 9.59 Å². The molecular formula is C15H16N4O3. The first-order valence-electron chi connectivity index (χ1n) is 7.14. The standard InChI is InChI=1S/C15H16N4O3/c20-14(17-12-4-1-11(9-12)15(21)22)10-2-5-13(6-3-10)19-8-7-16-18-19/h2-3,5-8,11-12H,1,4,9H2,(H,17,20)(H,21,22)/t11-,12+/m1/s1. The third kappa shape index (κ3) is 2.98. The monoisotopic (exact) mass is 300 g/mol. The van der Waals surface area contributed by atoms with Crippen LogP contribution in [0.3, 0.4) is 0 Å². The Bertz CT molecular complexity index is 667. The number of aromatic nitrogens is 3. The molecule has 1 amide bonds. The van der Waals surface area contributed by atoms with E-state index in [2.05, 4.69) is 15.6 Å². The van der Waals surface area contributed by atoms with Crippen molar-refractivity contribution in [2.75, 3.05) is 0 Å². The van der Waals surface area contributed by atoms with Crippen LogP contribution in [0.5, 0.6) is 0 Å². The summed E-state index contributed by atoms with van der Waals surface area (Å²) in [5, 5.41) is 19.5. The molecule has 1 aromatic heterocycles. The van der Waals surface area contributed by atoms with Gasteiger partial charge in [0.2, 0.25) is 0 Å². The van der Waals surface area contributed by atoms with Crippen LogP contribution in [-0.2, 0) is 4.79 Å². The first kappa shape index (κ1) is 14.2. The lowest BCUT2D eigenvalue weighted by molar-refractivity contribution is -0.141. The minimum Gasteiger partial charge on any atom is -0.481 e. The van der Waals surface area contributed by atoms with Gasteiger partial charge in [-0.1, -0.05) is 5.21 Å². The number of rotatable bonds is 4. The fourth-order valence-electron chi connectivity index (χ4n) is 2.72. The zero-order chi connectivity index (χ0) is 15.5. The van der Waals surface area contributed by atoms with Crippen LogP contribution in [-0.4, -0.2) is 38.0 Å². The van der Waals surface area contributed by atoms with Crippen LogP contribution in [0.2, 0.25) is 0 Å². The summed E-state index contributed by atoms with van der Waals surface area (Å²) in [6.07, 6.45) is 5.13. The number of benzene rings is 1. The molecule has 0 radical (unpaired) electrons. The molecular weight excluding hydrogens is 284 g/mol. The van der Waals surface area contributed by atoms with Crippen LogP contribution in [0.1, 0.15) is 29.6 Å². The van der Waals surface area contributed by atoms with Crippen molar-refractivity contribution in [3.05, 3.63) is 42.2 Å². The number of carbonyl (C=O) groups excluding carboxylic acids is 1. The molecule has 2 atom stereocenters. The highest BCUT2D eigenvalue weighted by atomic mass is 16.4. The lowest BCUT2D eigenvalue weighted by atomic mass is 10.1. The van der Waals surface area contributed by atoms with E-state index >= 15 is 0 Å². The van der Waals surface area contributed by atoms with Crippen molar-refractivity contribution in [3.63, 3.8) is 0 Å². The van der Waals surface area contributed by atoms with E-state index in [4.69, 9.17) is 5.11 Å². The SMILES string of the molecule is O=C(N[C@H]1CC[C@@H](C(=O)O)C1)c1ccc(-n2ccnn2)cc1. The average molecular weight is 300 g/mol. The van der Waals surface area contributed by atoms with Crippen molar-refractivity contribution < 1.29 is 14.7 Å². The third-order valence-electron chi connectivity index (χ3n) is 3.93. The maximum Gasteiger partial charge on any atom is 0.306 e. The Morgan fingerprint density at radius 2 is 2.00 bits per heavy atom. The molecule has 0 bridgehead atoms. The fraction of sp³-hybridized carbons (Fsp3) is 0.333. The molecule has 0 aliphatic heterocycles. The molecule has 1 aliphatic rings. The smallest absolute Gasteiger partial charge is 0.306 e. The summed E-state index contributed by atoms with van der Waals surface area (Å²) >= 11 is 0. The van der Waals surface area contributed by atoms with Gasteiger partial charge in [0.15, 0.2) is 0 Å². The molecule has 0 unspecified atom stereocenters. The molecule has 1 fully saturated rings. The Hall–Kier alpha value is -2.70. The Balaban J connectivity index is 1.62. The number of hydrogen-bond donors (Lipinski definition) is 2. The first-order valence-corrected chi connectivity index (χ1v) is 7.14. The molecule has 114 valence electrons. The summed E-state index contributed by atoms with van der Waals surface area (Å²) in [5.74, 6) is -1.31. The van der Waals surface area contributed by atoms with Gasteiger partial charge < -0.3 is 10.4 Å². The normalized spacial score (nSPS) is 20.7. The minimum absolute atomic E-state index is 0.0661. The van der Waals surface area contributed by atoms with Gasteiger partial charge in [-0.25, -0.2) is 4.68 Å². The van der Waals surface area contributed by atoms with Gasteiger partial charge in [-0.2, -0.15) is 0 Å². The van der Waals surface area contributed by atoms with E-state index in [-0.39, 0.29) is 17.9 Å². The number of amides is 1. The molecule has 3 rings (SSSR count). The summed E-state index contributed by atoms with van der Waals surface area (Å²) in [4.78, 5) is 23.1. The van der Waals surface area contributed by atoms with E-state index in [0.29, 0.717) is 24.8 Å². The van der Waals surface area contributed by atoms with Gasteiger partial charge in [0, 0.05) is 11.6 Å². The van der Waals surface area contributed by atoms with Crippen molar-refractivity contribution in [1.29, 1.82) is 0 Å². The highest BCUT2D eigenvalue weighted by molar-refractivity contribution is 5.94. The van der Waals surface area contributed by atoms with Crippen molar-refractivity contribution >= 4 is 11.9 Å². The zero-order valence-corrected chi connectivity index (χ0v) is 11.8. The lowest BCUT2D eigenvalue weighted by Crippen LogP contribution is -2.33. The molecule has 7 heteroatoms. The van der Waals surface area contributed by atoms with Gasteiger partial charge in [0.05, 0.1) is 24.0 Å². The van der Waals surface area contributed by atoms with Crippen LogP contribution < -0.4 is 5.32 Å². The van der Waals surface area contributed by atoms with Crippen LogP contribution in [0.15, 0.2) is 36.7 Å². The largest absolute Gasteiger partial charge is 0.481 e. The Morgan fingerprint density at radius 3 is 2.59 bits per heavy atom. The van der Waals surface area contributed by atoms with E-state index in [1.54, 1.807) is 41.3 Å². The first-order chi connectivity index (χ1) is 10.6. The lowest BCUT2D eigenvalue weighted by Gasteiger charge is -2.12. The molecule has 1 aromatic carbocycles. The maximum absolute atomic E-state index is 12.2. The van der Waals surface area contributed by atoms with Crippen LogP contribution >= 0.6 is 0 Å². The summed E-state index contributed by atoms with van der Waals surface area (Å²) < 4.78 is 1.61.